The molecule has 160 valence electrons. The first-order chi connectivity index (χ1) is 14.6. The highest BCUT2D eigenvalue weighted by Gasteiger charge is 2.51. The number of amides is 2. The van der Waals surface area contributed by atoms with Gasteiger partial charge in [0.25, 0.3) is 5.91 Å². The van der Waals surface area contributed by atoms with Gasteiger partial charge >= 0.3 is 0 Å². The Balaban J connectivity index is 1.31. The van der Waals surface area contributed by atoms with Gasteiger partial charge in [-0.25, -0.2) is 9.97 Å². The maximum absolute atomic E-state index is 13.2. The first kappa shape index (κ1) is 19.5. The van der Waals surface area contributed by atoms with Crippen molar-refractivity contribution in [3.63, 3.8) is 0 Å². The van der Waals surface area contributed by atoms with Crippen LogP contribution in [-0.4, -0.2) is 76.0 Å². The standard InChI is InChI=1S/C22H29N5O3/c1-30-11-10-25-8-6-22(21(25)29)7-9-26(14-22)20(28)16-12-18-19(23-13-16)27(15-24-18)17-4-2-3-5-17/h12-13,15,17H,2-11,14H2,1H3. The smallest absolute Gasteiger partial charge is 0.255 e. The van der Waals surface area contributed by atoms with Crippen LogP contribution in [0.25, 0.3) is 11.2 Å². The summed E-state index contributed by atoms with van der Waals surface area (Å²) in [5, 5.41) is 0. The van der Waals surface area contributed by atoms with Crippen molar-refractivity contribution in [2.45, 2.75) is 44.6 Å². The van der Waals surface area contributed by atoms with Crippen LogP contribution < -0.4 is 0 Å². The summed E-state index contributed by atoms with van der Waals surface area (Å²) in [6.07, 6.45) is 9.90. The Morgan fingerprint density at radius 2 is 2.03 bits per heavy atom. The van der Waals surface area contributed by atoms with Crippen LogP contribution in [0.3, 0.4) is 0 Å². The fourth-order valence-electron chi connectivity index (χ4n) is 5.40. The minimum atomic E-state index is -0.426. The molecule has 30 heavy (non-hydrogen) atoms. The first-order valence-electron chi connectivity index (χ1n) is 11.0. The van der Waals surface area contributed by atoms with Crippen molar-refractivity contribution in [2.24, 2.45) is 5.41 Å². The van der Waals surface area contributed by atoms with Crippen LogP contribution in [0.1, 0.15) is 54.9 Å². The van der Waals surface area contributed by atoms with E-state index in [1.54, 1.807) is 13.3 Å². The van der Waals surface area contributed by atoms with E-state index in [9.17, 15) is 9.59 Å². The van der Waals surface area contributed by atoms with E-state index in [0.29, 0.717) is 37.8 Å². The largest absolute Gasteiger partial charge is 0.383 e. The van der Waals surface area contributed by atoms with E-state index in [2.05, 4.69) is 14.5 Å². The van der Waals surface area contributed by atoms with Gasteiger partial charge in [-0.15, -0.1) is 0 Å². The normalized spacial score (nSPS) is 24.8. The minimum absolute atomic E-state index is 0.0557. The second-order valence-electron chi connectivity index (χ2n) is 8.95. The molecule has 0 bridgehead atoms. The third kappa shape index (κ3) is 3.17. The second kappa shape index (κ2) is 7.65. The van der Waals surface area contributed by atoms with Crippen molar-refractivity contribution in [1.82, 2.24) is 24.3 Å². The molecule has 1 aliphatic carbocycles. The number of fused-ring (bicyclic) bond motifs is 1. The number of likely N-dealkylation sites (tertiary alicyclic amines) is 2. The van der Waals surface area contributed by atoms with Crippen LogP contribution in [0, 0.1) is 5.41 Å². The number of carbonyl (C=O) groups is 2. The van der Waals surface area contributed by atoms with Gasteiger partial charge in [-0.2, -0.15) is 0 Å². The third-order valence-corrected chi connectivity index (χ3v) is 7.19. The molecule has 2 aromatic heterocycles. The fourth-order valence-corrected chi connectivity index (χ4v) is 5.40. The van der Waals surface area contributed by atoms with Crippen molar-refractivity contribution < 1.29 is 14.3 Å². The Labute approximate surface area is 176 Å². The Morgan fingerprint density at radius 3 is 2.83 bits per heavy atom. The lowest BCUT2D eigenvalue weighted by molar-refractivity contribution is -0.135. The molecule has 2 aromatic rings. The van der Waals surface area contributed by atoms with Gasteiger partial charge in [-0.1, -0.05) is 12.8 Å². The zero-order chi connectivity index (χ0) is 20.7. The van der Waals surface area contributed by atoms with E-state index in [4.69, 9.17) is 4.74 Å². The van der Waals surface area contributed by atoms with Crippen LogP contribution in [0.4, 0.5) is 0 Å². The van der Waals surface area contributed by atoms with Gasteiger partial charge in [0.15, 0.2) is 5.65 Å². The summed E-state index contributed by atoms with van der Waals surface area (Å²) in [4.78, 5) is 38.9. The molecule has 1 spiro atoms. The quantitative estimate of drug-likeness (QED) is 0.754. The van der Waals surface area contributed by atoms with Gasteiger partial charge in [0, 0.05) is 45.5 Å². The molecule has 5 rings (SSSR count). The summed E-state index contributed by atoms with van der Waals surface area (Å²) in [6, 6.07) is 2.32. The number of aromatic nitrogens is 3. The second-order valence-corrected chi connectivity index (χ2v) is 8.95. The maximum atomic E-state index is 13.2. The zero-order valence-electron chi connectivity index (χ0n) is 17.5. The van der Waals surface area contributed by atoms with E-state index in [-0.39, 0.29) is 11.8 Å². The van der Waals surface area contributed by atoms with Crippen molar-refractivity contribution in [2.75, 3.05) is 39.9 Å². The highest BCUT2D eigenvalue weighted by atomic mass is 16.5. The number of hydrogen-bond acceptors (Lipinski definition) is 5. The molecule has 3 aliphatic rings. The molecule has 2 saturated heterocycles. The molecule has 1 saturated carbocycles. The van der Waals surface area contributed by atoms with Gasteiger partial charge in [0.2, 0.25) is 5.91 Å². The zero-order valence-corrected chi connectivity index (χ0v) is 17.5. The van der Waals surface area contributed by atoms with E-state index >= 15 is 0 Å². The van der Waals surface area contributed by atoms with Gasteiger partial charge in [0.05, 0.1) is 23.9 Å². The average molecular weight is 412 g/mol. The third-order valence-electron chi connectivity index (χ3n) is 7.19. The van der Waals surface area contributed by atoms with Crippen LogP contribution in [0.15, 0.2) is 18.6 Å². The molecule has 0 N–H and O–H groups in total. The summed E-state index contributed by atoms with van der Waals surface area (Å²) in [7, 11) is 1.65. The molecule has 1 atom stereocenters. The number of methoxy groups -OCH3 is 1. The Morgan fingerprint density at radius 1 is 1.23 bits per heavy atom. The lowest BCUT2D eigenvalue weighted by Gasteiger charge is -2.23. The first-order valence-corrected chi connectivity index (χ1v) is 11.0. The predicted molar refractivity (Wildman–Crippen MR) is 111 cm³/mol. The fraction of sp³-hybridized carbons (Fsp3) is 0.636. The highest BCUT2D eigenvalue weighted by Crippen LogP contribution is 2.41. The molecule has 0 aromatic carbocycles. The van der Waals surface area contributed by atoms with Gasteiger partial charge < -0.3 is 19.1 Å². The SMILES string of the molecule is COCCN1CCC2(CCN(C(=O)c3cnc4c(c3)ncn4C3CCCC3)C2)C1=O. The molecule has 2 aliphatic heterocycles. The monoisotopic (exact) mass is 411 g/mol. The Hall–Kier alpha value is -2.48. The highest BCUT2D eigenvalue weighted by molar-refractivity contribution is 5.97. The van der Waals surface area contributed by atoms with Crippen molar-refractivity contribution in [3.8, 4) is 0 Å². The van der Waals surface area contributed by atoms with Crippen LogP contribution in [0.5, 0.6) is 0 Å². The topological polar surface area (TPSA) is 80.6 Å². The molecule has 8 heteroatoms. The Kier molecular flexibility index (Phi) is 4.97. The lowest BCUT2D eigenvalue weighted by Crippen LogP contribution is -2.39. The van der Waals surface area contributed by atoms with Crippen LogP contribution in [-0.2, 0) is 9.53 Å². The van der Waals surface area contributed by atoms with Gasteiger partial charge in [-0.05, 0) is 31.7 Å². The average Bonchev–Trinajstić information content (AvgIpc) is 3.55. The van der Waals surface area contributed by atoms with E-state index in [0.717, 1.165) is 30.6 Å². The summed E-state index contributed by atoms with van der Waals surface area (Å²) in [5.41, 5.74) is 1.75. The van der Waals surface area contributed by atoms with Gasteiger partial charge in [0.1, 0.15) is 5.52 Å². The summed E-state index contributed by atoms with van der Waals surface area (Å²) < 4.78 is 7.28. The molecule has 8 nitrogen and oxygen atoms in total. The van der Waals surface area contributed by atoms with E-state index < -0.39 is 5.41 Å². The molecule has 3 fully saturated rings. The molecule has 4 heterocycles. The van der Waals surface area contributed by atoms with Crippen LogP contribution in [0.2, 0.25) is 0 Å². The number of pyridine rings is 1. The van der Waals surface area contributed by atoms with Crippen LogP contribution >= 0.6 is 0 Å². The number of rotatable bonds is 5. The number of nitrogens with zero attached hydrogens (tertiary/aromatic N) is 5. The summed E-state index contributed by atoms with van der Waals surface area (Å²) in [6.45, 7) is 3.01. The predicted octanol–water partition coefficient (Wildman–Crippen LogP) is 2.26. The van der Waals surface area contributed by atoms with E-state index in [1.807, 2.05) is 22.2 Å². The van der Waals surface area contributed by atoms with Crippen molar-refractivity contribution in [1.29, 1.82) is 0 Å². The number of ether oxygens (including phenoxy) is 1. The van der Waals surface area contributed by atoms with E-state index in [1.165, 1.54) is 25.7 Å². The molecular formula is C22H29N5O3. The number of imidazole rings is 1. The summed E-state index contributed by atoms with van der Waals surface area (Å²) >= 11 is 0. The number of carbonyl (C=O) groups excluding carboxylic acids is 2. The minimum Gasteiger partial charge on any atom is -0.383 e. The Bertz CT molecular complexity index is 967. The van der Waals surface area contributed by atoms with Gasteiger partial charge in [-0.3, -0.25) is 9.59 Å². The molecule has 1 unspecified atom stereocenters. The maximum Gasteiger partial charge on any atom is 0.255 e. The van der Waals surface area contributed by atoms with Crippen molar-refractivity contribution >= 4 is 23.0 Å². The molecule has 2 amide bonds. The summed E-state index contributed by atoms with van der Waals surface area (Å²) in [5.74, 6) is 0.110. The molecular weight excluding hydrogens is 382 g/mol. The van der Waals surface area contributed by atoms with Crippen molar-refractivity contribution in [3.05, 3.63) is 24.2 Å². The molecule has 0 radical (unpaired) electrons. The lowest BCUT2D eigenvalue weighted by atomic mass is 9.85. The number of hydrogen-bond donors (Lipinski definition) is 0.